The monoisotopic (exact) mass is 426 g/mol. The average molecular weight is 426 g/mol. The van der Waals surface area contributed by atoms with Crippen molar-refractivity contribution >= 4 is 27.8 Å². The van der Waals surface area contributed by atoms with Gasteiger partial charge in [-0.05, 0) is 37.0 Å². The Bertz CT molecular complexity index is 1250. The van der Waals surface area contributed by atoms with Crippen molar-refractivity contribution in [2.75, 3.05) is 13.1 Å². The number of rotatable bonds is 3. The van der Waals surface area contributed by atoms with Crippen LogP contribution in [0.3, 0.4) is 0 Å². The number of hydrogen-bond donors (Lipinski definition) is 1. The summed E-state index contributed by atoms with van der Waals surface area (Å²) in [5.74, 6) is -0.850. The van der Waals surface area contributed by atoms with E-state index in [0.29, 0.717) is 42.5 Å². The molecule has 0 atom stereocenters. The summed E-state index contributed by atoms with van der Waals surface area (Å²) in [7, 11) is 0. The quantitative estimate of drug-likeness (QED) is 0.496. The van der Waals surface area contributed by atoms with Crippen LogP contribution in [-0.4, -0.2) is 38.4 Å². The molecule has 1 N–H and O–H groups in total. The van der Waals surface area contributed by atoms with E-state index in [2.05, 4.69) is 9.97 Å². The number of nitrogens with one attached hydrogen (secondary N) is 1. The Morgan fingerprint density at radius 3 is 2.55 bits per heavy atom. The fourth-order valence-electron chi connectivity index (χ4n) is 4.47. The van der Waals surface area contributed by atoms with Crippen LogP contribution in [0.5, 0.6) is 0 Å². The molecule has 0 saturated carbocycles. The maximum atomic E-state index is 13.6. The van der Waals surface area contributed by atoms with Crippen LogP contribution in [0.1, 0.15) is 29.0 Å². The fraction of sp³-hybridized carbons (Fsp3) is 0.304. The third kappa shape index (κ3) is 3.56. The molecule has 0 radical (unpaired) electrons. The molecule has 1 fully saturated rings. The Morgan fingerprint density at radius 2 is 1.77 bits per heavy atom. The van der Waals surface area contributed by atoms with Gasteiger partial charge in [-0.1, -0.05) is 30.3 Å². The molecule has 5 nitrogen and oxygen atoms in total. The number of alkyl halides is 3. The Morgan fingerprint density at radius 1 is 1.06 bits per heavy atom. The number of nitrogens with zero attached hydrogens (tertiary/aromatic N) is 3. The summed E-state index contributed by atoms with van der Waals surface area (Å²) in [6.45, 7) is 1.29. The summed E-state index contributed by atoms with van der Waals surface area (Å²) in [4.78, 5) is 21.7. The van der Waals surface area contributed by atoms with Crippen molar-refractivity contribution in [3.63, 3.8) is 0 Å². The van der Waals surface area contributed by atoms with Gasteiger partial charge in [-0.2, -0.15) is 13.2 Å². The van der Waals surface area contributed by atoms with E-state index in [1.165, 1.54) is 4.57 Å². The van der Waals surface area contributed by atoms with E-state index in [1.54, 1.807) is 35.4 Å². The molecular formula is C23H21F3N4O. The summed E-state index contributed by atoms with van der Waals surface area (Å²) in [5.41, 5.74) is 2.38. The SMILES string of the molecule is O=C(c1c[nH]c2ccccc12)N1CCC(Cn2c(C(F)(F)F)nc3ccccc32)CC1. The Labute approximate surface area is 176 Å². The summed E-state index contributed by atoms with van der Waals surface area (Å²) < 4.78 is 42.0. The van der Waals surface area contributed by atoms with Crippen LogP contribution in [0.4, 0.5) is 13.2 Å². The van der Waals surface area contributed by atoms with Gasteiger partial charge in [0.2, 0.25) is 5.82 Å². The van der Waals surface area contributed by atoms with E-state index in [4.69, 9.17) is 0 Å². The lowest BCUT2D eigenvalue weighted by molar-refractivity contribution is -0.147. The first kappa shape index (κ1) is 19.7. The van der Waals surface area contributed by atoms with E-state index < -0.39 is 12.0 Å². The lowest BCUT2D eigenvalue weighted by Gasteiger charge is -2.32. The molecule has 2 aromatic carbocycles. The Kier molecular flexibility index (Phi) is 4.72. The standard InChI is InChI=1S/C23H21F3N4O/c24-23(25,26)22-28-19-7-3-4-8-20(19)30(22)14-15-9-11-29(12-10-15)21(31)17-13-27-18-6-2-1-5-16(17)18/h1-8,13,15,27H,9-12,14H2. The fourth-order valence-corrected chi connectivity index (χ4v) is 4.47. The second-order valence-corrected chi connectivity index (χ2v) is 8.02. The normalized spacial score (nSPS) is 15.8. The molecule has 4 aromatic rings. The minimum Gasteiger partial charge on any atom is -0.360 e. The van der Waals surface area contributed by atoms with Crippen LogP contribution in [0.25, 0.3) is 21.9 Å². The van der Waals surface area contributed by atoms with Gasteiger partial charge in [0.15, 0.2) is 0 Å². The summed E-state index contributed by atoms with van der Waals surface area (Å²) >= 11 is 0. The maximum absolute atomic E-state index is 13.6. The third-order valence-electron chi connectivity index (χ3n) is 6.07. The second kappa shape index (κ2) is 7.44. The van der Waals surface area contributed by atoms with Crippen molar-refractivity contribution < 1.29 is 18.0 Å². The molecule has 3 heterocycles. The first-order chi connectivity index (χ1) is 14.9. The first-order valence-electron chi connectivity index (χ1n) is 10.3. The predicted molar refractivity (Wildman–Crippen MR) is 112 cm³/mol. The van der Waals surface area contributed by atoms with Crippen molar-refractivity contribution in [3.05, 3.63) is 66.1 Å². The number of halogens is 3. The summed E-state index contributed by atoms with van der Waals surface area (Å²) in [6, 6.07) is 14.3. The highest BCUT2D eigenvalue weighted by Crippen LogP contribution is 2.33. The van der Waals surface area contributed by atoms with Crippen LogP contribution >= 0.6 is 0 Å². The Balaban J connectivity index is 1.32. The van der Waals surface area contributed by atoms with Gasteiger partial charge in [-0.15, -0.1) is 0 Å². The molecule has 8 heteroatoms. The molecule has 160 valence electrons. The van der Waals surface area contributed by atoms with Gasteiger partial charge in [-0.3, -0.25) is 4.79 Å². The van der Waals surface area contributed by atoms with Gasteiger partial charge in [0.05, 0.1) is 16.6 Å². The topological polar surface area (TPSA) is 53.9 Å². The van der Waals surface area contributed by atoms with Gasteiger partial charge in [-0.25, -0.2) is 4.98 Å². The molecule has 1 amide bonds. The van der Waals surface area contributed by atoms with Crippen LogP contribution in [0, 0.1) is 5.92 Å². The number of imidazole rings is 1. The van der Waals surface area contributed by atoms with E-state index in [1.807, 2.05) is 24.3 Å². The molecule has 2 aromatic heterocycles. The smallest absolute Gasteiger partial charge is 0.360 e. The molecule has 0 bridgehead atoms. The number of aromatic nitrogens is 3. The van der Waals surface area contributed by atoms with Crippen molar-refractivity contribution in [2.45, 2.75) is 25.6 Å². The molecule has 1 aliphatic heterocycles. The average Bonchev–Trinajstić information content (AvgIpc) is 3.36. The van der Waals surface area contributed by atoms with Gasteiger partial charge in [0, 0.05) is 36.7 Å². The molecule has 0 spiro atoms. The Hall–Kier alpha value is -3.29. The third-order valence-corrected chi connectivity index (χ3v) is 6.07. The van der Waals surface area contributed by atoms with Gasteiger partial charge in [0.25, 0.3) is 5.91 Å². The largest absolute Gasteiger partial charge is 0.449 e. The van der Waals surface area contributed by atoms with Crippen molar-refractivity contribution in [2.24, 2.45) is 5.92 Å². The molecule has 5 rings (SSSR count). The van der Waals surface area contributed by atoms with E-state index in [0.717, 1.165) is 10.9 Å². The number of para-hydroxylation sites is 3. The second-order valence-electron chi connectivity index (χ2n) is 8.02. The van der Waals surface area contributed by atoms with Gasteiger partial charge in [0.1, 0.15) is 0 Å². The van der Waals surface area contributed by atoms with E-state index >= 15 is 0 Å². The molecule has 1 saturated heterocycles. The number of likely N-dealkylation sites (tertiary alicyclic amines) is 1. The number of benzene rings is 2. The van der Waals surface area contributed by atoms with Crippen LogP contribution in [0.2, 0.25) is 0 Å². The molecule has 0 unspecified atom stereocenters. The van der Waals surface area contributed by atoms with Gasteiger partial charge >= 0.3 is 6.18 Å². The molecule has 0 aliphatic carbocycles. The lowest BCUT2D eigenvalue weighted by atomic mass is 9.96. The highest BCUT2D eigenvalue weighted by molar-refractivity contribution is 6.06. The zero-order valence-electron chi connectivity index (χ0n) is 16.7. The zero-order chi connectivity index (χ0) is 21.6. The number of fused-ring (bicyclic) bond motifs is 2. The molecule has 1 aliphatic rings. The number of piperidine rings is 1. The summed E-state index contributed by atoms with van der Waals surface area (Å²) in [5, 5.41) is 0.884. The highest BCUT2D eigenvalue weighted by Gasteiger charge is 2.38. The van der Waals surface area contributed by atoms with Crippen molar-refractivity contribution in [1.29, 1.82) is 0 Å². The number of H-pyrrole nitrogens is 1. The van der Waals surface area contributed by atoms with E-state index in [-0.39, 0.29) is 18.4 Å². The van der Waals surface area contributed by atoms with Crippen molar-refractivity contribution in [1.82, 2.24) is 19.4 Å². The lowest BCUT2D eigenvalue weighted by Crippen LogP contribution is -2.39. The maximum Gasteiger partial charge on any atom is 0.449 e. The number of aromatic amines is 1. The van der Waals surface area contributed by atoms with Crippen LogP contribution in [0.15, 0.2) is 54.7 Å². The predicted octanol–water partition coefficient (Wildman–Crippen LogP) is 5.09. The number of amides is 1. The minimum atomic E-state index is -4.51. The van der Waals surface area contributed by atoms with Crippen molar-refractivity contribution in [3.8, 4) is 0 Å². The molecular weight excluding hydrogens is 405 g/mol. The van der Waals surface area contributed by atoms with Crippen LogP contribution < -0.4 is 0 Å². The highest BCUT2D eigenvalue weighted by atomic mass is 19.4. The zero-order valence-corrected chi connectivity index (χ0v) is 16.7. The molecule has 31 heavy (non-hydrogen) atoms. The number of carbonyl (C=O) groups excluding carboxylic acids is 1. The number of carbonyl (C=O) groups is 1. The van der Waals surface area contributed by atoms with Crippen LogP contribution in [-0.2, 0) is 12.7 Å². The summed E-state index contributed by atoms with van der Waals surface area (Å²) in [6.07, 6.45) is -1.48. The van der Waals surface area contributed by atoms with Gasteiger partial charge < -0.3 is 14.5 Å². The van der Waals surface area contributed by atoms with E-state index in [9.17, 15) is 18.0 Å². The first-order valence-corrected chi connectivity index (χ1v) is 10.3. The minimum absolute atomic E-state index is 0.0417. The number of hydrogen-bond acceptors (Lipinski definition) is 2.